The Morgan fingerprint density at radius 3 is 2.65 bits per heavy atom. The third kappa shape index (κ3) is 4.17. The second-order valence-corrected chi connectivity index (χ2v) is 6.34. The Bertz CT molecular complexity index is 836. The largest absolute Gasteiger partial charge is 0.484 e. The van der Waals surface area contributed by atoms with E-state index in [-0.39, 0.29) is 36.6 Å². The topological polar surface area (TPSA) is 72.7 Å². The van der Waals surface area contributed by atoms with Gasteiger partial charge in [-0.1, -0.05) is 18.2 Å². The van der Waals surface area contributed by atoms with E-state index in [2.05, 4.69) is 0 Å². The van der Waals surface area contributed by atoms with Crippen LogP contribution in [0.1, 0.15) is 24.0 Å². The van der Waals surface area contributed by atoms with Crippen molar-refractivity contribution in [3.8, 4) is 5.75 Å². The monoisotopic (exact) mass is 358 g/mol. The van der Waals surface area contributed by atoms with E-state index >= 15 is 0 Å². The van der Waals surface area contributed by atoms with Crippen molar-refractivity contribution in [3.05, 3.63) is 69.5 Å². The van der Waals surface area contributed by atoms with E-state index in [1.54, 1.807) is 30.0 Å². The van der Waals surface area contributed by atoms with E-state index < -0.39 is 4.92 Å². The first-order valence-corrected chi connectivity index (χ1v) is 8.36. The molecule has 7 heteroatoms. The van der Waals surface area contributed by atoms with Crippen molar-refractivity contribution in [1.29, 1.82) is 0 Å². The smallest absolute Gasteiger partial charge is 0.272 e. The summed E-state index contributed by atoms with van der Waals surface area (Å²) in [6, 6.07) is 10.9. The summed E-state index contributed by atoms with van der Waals surface area (Å²) in [5.41, 5.74) is 0.937. The number of hydrogen-bond donors (Lipinski definition) is 0. The summed E-state index contributed by atoms with van der Waals surface area (Å²) in [6.07, 6.45) is 1.80. The molecule has 1 fully saturated rings. The van der Waals surface area contributed by atoms with Crippen LogP contribution < -0.4 is 4.74 Å². The van der Waals surface area contributed by atoms with Crippen molar-refractivity contribution in [3.63, 3.8) is 0 Å². The molecule has 0 spiro atoms. The van der Waals surface area contributed by atoms with Crippen molar-refractivity contribution < 1.29 is 18.8 Å². The van der Waals surface area contributed by atoms with Crippen LogP contribution in [-0.2, 0) is 11.3 Å². The van der Waals surface area contributed by atoms with Crippen LogP contribution in [0.2, 0.25) is 0 Å². The van der Waals surface area contributed by atoms with Gasteiger partial charge in [0, 0.05) is 29.8 Å². The quantitative estimate of drug-likeness (QED) is 0.560. The van der Waals surface area contributed by atoms with Crippen LogP contribution in [0.5, 0.6) is 5.75 Å². The Labute approximate surface area is 150 Å². The van der Waals surface area contributed by atoms with Gasteiger partial charge in [-0.05, 0) is 38.0 Å². The Kier molecular flexibility index (Phi) is 5.16. The summed E-state index contributed by atoms with van der Waals surface area (Å²) in [6.45, 7) is 1.63. The number of nitro benzene ring substituents is 1. The molecule has 0 radical (unpaired) electrons. The van der Waals surface area contributed by atoms with Gasteiger partial charge in [0.25, 0.3) is 11.6 Å². The fraction of sp³-hybridized carbons (Fsp3) is 0.316. The van der Waals surface area contributed by atoms with Gasteiger partial charge in [-0.2, -0.15) is 0 Å². The molecule has 3 rings (SSSR count). The molecule has 0 unspecified atom stereocenters. The first kappa shape index (κ1) is 17.8. The number of hydrogen-bond acceptors (Lipinski definition) is 4. The number of nitro groups is 1. The van der Waals surface area contributed by atoms with Crippen LogP contribution in [0.4, 0.5) is 10.1 Å². The fourth-order valence-corrected chi connectivity index (χ4v) is 2.77. The number of carbonyl (C=O) groups is 1. The zero-order valence-electron chi connectivity index (χ0n) is 14.4. The molecule has 2 aromatic rings. The highest BCUT2D eigenvalue weighted by atomic mass is 19.1. The molecule has 1 amide bonds. The second kappa shape index (κ2) is 7.51. The Hall–Kier alpha value is -2.96. The number of rotatable bonds is 7. The van der Waals surface area contributed by atoms with E-state index in [9.17, 15) is 19.3 Å². The lowest BCUT2D eigenvalue weighted by Gasteiger charge is -2.23. The van der Waals surface area contributed by atoms with E-state index in [1.165, 1.54) is 24.3 Å². The van der Waals surface area contributed by atoms with Gasteiger partial charge < -0.3 is 9.64 Å². The highest BCUT2D eigenvalue weighted by Crippen LogP contribution is 2.29. The van der Waals surface area contributed by atoms with Crippen molar-refractivity contribution in [1.82, 2.24) is 4.90 Å². The molecule has 0 aromatic heterocycles. The lowest BCUT2D eigenvalue weighted by atomic mass is 10.2. The molecule has 1 aliphatic rings. The maximum atomic E-state index is 13.9. The van der Waals surface area contributed by atoms with Gasteiger partial charge >= 0.3 is 0 Å². The molecular formula is C19H19FN2O4. The minimum Gasteiger partial charge on any atom is -0.484 e. The van der Waals surface area contributed by atoms with E-state index in [4.69, 9.17) is 4.74 Å². The molecule has 0 bridgehead atoms. The number of carbonyl (C=O) groups excluding carboxylic acids is 1. The first-order valence-electron chi connectivity index (χ1n) is 8.36. The number of benzene rings is 2. The molecule has 6 nitrogen and oxygen atoms in total. The van der Waals surface area contributed by atoms with E-state index in [0.29, 0.717) is 16.9 Å². The molecule has 0 atom stereocenters. The Balaban J connectivity index is 1.65. The highest BCUT2D eigenvalue weighted by molar-refractivity contribution is 5.78. The molecule has 0 aliphatic heterocycles. The Morgan fingerprint density at radius 2 is 2.04 bits per heavy atom. The SMILES string of the molecule is Cc1cc(OCC(=O)N(Cc2ccccc2F)C2CC2)ccc1[N+](=O)[O-]. The third-order valence-corrected chi connectivity index (χ3v) is 4.33. The number of aryl methyl sites for hydroxylation is 1. The predicted molar refractivity (Wildman–Crippen MR) is 93.3 cm³/mol. The number of halogens is 1. The minimum absolute atomic E-state index is 0.00263. The molecule has 1 saturated carbocycles. The van der Waals surface area contributed by atoms with Crippen LogP contribution in [0, 0.1) is 22.9 Å². The van der Waals surface area contributed by atoms with Gasteiger partial charge in [-0.3, -0.25) is 14.9 Å². The summed E-state index contributed by atoms with van der Waals surface area (Å²) in [4.78, 5) is 24.6. The molecule has 0 saturated heterocycles. The molecule has 2 aromatic carbocycles. The van der Waals surface area contributed by atoms with E-state index in [0.717, 1.165) is 12.8 Å². The van der Waals surface area contributed by atoms with Gasteiger partial charge in [-0.25, -0.2) is 4.39 Å². The van der Waals surface area contributed by atoms with Crippen molar-refractivity contribution in [2.75, 3.05) is 6.61 Å². The average molecular weight is 358 g/mol. The van der Waals surface area contributed by atoms with Crippen LogP contribution in [-0.4, -0.2) is 28.4 Å². The van der Waals surface area contributed by atoms with Crippen molar-refractivity contribution in [2.45, 2.75) is 32.4 Å². The van der Waals surface area contributed by atoms with Gasteiger partial charge in [-0.15, -0.1) is 0 Å². The first-order chi connectivity index (χ1) is 12.5. The zero-order chi connectivity index (χ0) is 18.7. The number of amides is 1. The third-order valence-electron chi connectivity index (χ3n) is 4.33. The van der Waals surface area contributed by atoms with Gasteiger partial charge in [0.2, 0.25) is 0 Å². The lowest BCUT2D eigenvalue weighted by Crippen LogP contribution is -2.36. The second-order valence-electron chi connectivity index (χ2n) is 6.34. The summed E-state index contributed by atoms with van der Waals surface area (Å²) in [5, 5.41) is 10.8. The van der Waals surface area contributed by atoms with Crippen LogP contribution in [0.25, 0.3) is 0 Å². The molecule has 26 heavy (non-hydrogen) atoms. The van der Waals surface area contributed by atoms with Crippen LogP contribution >= 0.6 is 0 Å². The predicted octanol–water partition coefficient (Wildman–Crippen LogP) is 3.61. The van der Waals surface area contributed by atoms with Crippen LogP contribution in [0.3, 0.4) is 0 Å². The molecular weight excluding hydrogens is 339 g/mol. The Morgan fingerprint density at radius 1 is 1.31 bits per heavy atom. The van der Waals surface area contributed by atoms with Crippen molar-refractivity contribution >= 4 is 11.6 Å². The zero-order valence-corrected chi connectivity index (χ0v) is 14.4. The van der Waals surface area contributed by atoms with E-state index in [1.807, 2.05) is 0 Å². The minimum atomic E-state index is -0.465. The molecule has 136 valence electrons. The summed E-state index contributed by atoms with van der Waals surface area (Å²) < 4.78 is 19.4. The number of ether oxygens (including phenoxy) is 1. The molecule has 0 heterocycles. The van der Waals surface area contributed by atoms with Gasteiger partial charge in [0.1, 0.15) is 11.6 Å². The maximum absolute atomic E-state index is 13.9. The molecule has 1 aliphatic carbocycles. The van der Waals surface area contributed by atoms with Crippen LogP contribution in [0.15, 0.2) is 42.5 Å². The van der Waals surface area contributed by atoms with Crippen molar-refractivity contribution in [2.24, 2.45) is 0 Å². The summed E-state index contributed by atoms with van der Waals surface area (Å²) >= 11 is 0. The average Bonchev–Trinajstić information content (AvgIpc) is 3.43. The fourth-order valence-electron chi connectivity index (χ4n) is 2.77. The lowest BCUT2D eigenvalue weighted by molar-refractivity contribution is -0.385. The van der Waals surface area contributed by atoms with Gasteiger partial charge in [0.05, 0.1) is 4.92 Å². The molecule has 0 N–H and O–H groups in total. The number of nitrogens with zero attached hydrogens (tertiary/aromatic N) is 2. The highest BCUT2D eigenvalue weighted by Gasteiger charge is 2.33. The maximum Gasteiger partial charge on any atom is 0.272 e. The van der Waals surface area contributed by atoms with Gasteiger partial charge in [0.15, 0.2) is 6.61 Å². The standard InChI is InChI=1S/C19H19FN2O4/c1-13-10-16(8-9-18(13)22(24)25)26-12-19(23)21(15-6-7-15)11-14-4-2-3-5-17(14)20/h2-5,8-10,15H,6-7,11-12H2,1H3. The summed E-state index contributed by atoms with van der Waals surface area (Å²) in [7, 11) is 0. The normalized spacial score (nSPS) is 13.3. The summed E-state index contributed by atoms with van der Waals surface area (Å²) in [5.74, 6) is -0.173.